The molecule has 1 saturated carbocycles. The molecule has 1 heterocycles. The number of hydrogen-bond donors (Lipinski definition) is 1. The van der Waals surface area contributed by atoms with E-state index in [2.05, 4.69) is 30.8 Å². The van der Waals surface area contributed by atoms with Gasteiger partial charge in [0.1, 0.15) is 0 Å². The van der Waals surface area contributed by atoms with Crippen LogP contribution in [-0.4, -0.2) is 22.4 Å². The lowest BCUT2D eigenvalue weighted by molar-refractivity contribution is 0.591. The zero-order chi connectivity index (χ0) is 13.3. The van der Waals surface area contributed by atoms with E-state index in [0.29, 0.717) is 12.0 Å². The summed E-state index contributed by atoms with van der Waals surface area (Å²) in [5, 5.41) is 4.60. The van der Waals surface area contributed by atoms with Crippen molar-refractivity contribution in [3.05, 3.63) is 5.69 Å². The Morgan fingerprint density at radius 3 is 2.44 bits per heavy atom. The van der Waals surface area contributed by atoms with Gasteiger partial charge in [-0.1, -0.05) is 26.7 Å². The molecule has 0 amide bonds. The smallest absolute Gasteiger partial charge is 0.150 e. The molecule has 1 aliphatic rings. The van der Waals surface area contributed by atoms with Crippen molar-refractivity contribution in [2.24, 2.45) is 7.05 Å². The molecular weight excluding hydrogens is 224 g/mol. The maximum absolute atomic E-state index is 6.32. The maximum Gasteiger partial charge on any atom is 0.150 e. The van der Waals surface area contributed by atoms with Gasteiger partial charge in [0, 0.05) is 19.6 Å². The van der Waals surface area contributed by atoms with Crippen molar-refractivity contribution >= 4 is 11.5 Å². The standard InChI is InChI=1S/C14H26N4/c1-5-18(11-8-6-7-9-11)14-12(15)13(10(2)3)16-17(14)4/h10-11H,5-9,15H2,1-4H3. The minimum Gasteiger partial charge on any atom is -0.394 e. The van der Waals surface area contributed by atoms with Crippen LogP contribution in [0.4, 0.5) is 11.5 Å². The third kappa shape index (κ3) is 2.20. The van der Waals surface area contributed by atoms with Gasteiger partial charge < -0.3 is 10.6 Å². The second kappa shape index (κ2) is 5.21. The van der Waals surface area contributed by atoms with Crippen LogP contribution in [0.3, 0.4) is 0 Å². The average Bonchev–Trinajstić information content (AvgIpc) is 2.92. The maximum atomic E-state index is 6.32. The van der Waals surface area contributed by atoms with Crippen LogP contribution in [0.1, 0.15) is 58.1 Å². The third-order valence-corrected chi connectivity index (χ3v) is 4.01. The highest BCUT2D eigenvalue weighted by Crippen LogP contribution is 2.35. The first-order valence-electron chi connectivity index (χ1n) is 7.15. The monoisotopic (exact) mass is 250 g/mol. The molecule has 1 fully saturated rings. The summed E-state index contributed by atoms with van der Waals surface area (Å²) in [6.07, 6.45) is 5.26. The molecule has 18 heavy (non-hydrogen) atoms. The van der Waals surface area contributed by atoms with Crippen LogP contribution >= 0.6 is 0 Å². The minimum absolute atomic E-state index is 0.382. The zero-order valence-electron chi connectivity index (χ0n) is 12.1. The van der Waals surface area contributed by atoms with Crippen LogP contribution < -0.4 is 10.6 Å². The van der Waals surface area contributed by atoms with E-state index in [1.165, 1.54) is 25.7 Å². The van der Waals surface area contributed by atoms with Gasteiger partial charge in [0.15, 0.2) is 5.82 Å². The Hall–Kier alpha value is -1.19. The fourth-order valence-electron chi connectivity index (χ4n) is 3.12. The molecule has 4 nitrogen and oxygen atoms in total. The van der Waals surface area contributed by atoms with E-state index in [-0.39, 0.29) is 0 Å². The molecule has 0 aromatic carbocycles. The number of rotatable bonds is 4. The van der Waals surface area contributed by atoms with Crippen molar-refractivity contribution in [2.75, 3.05) is 17.2 Å². The molecule has 1 aromatic heterocycles. The number of anilines is 2. The van der Waals surface area contributed by atoms with E-state index in [0.717, 1.165) is 23.7 Å². The Labute approximate surface area is 110 Å². The first kappa shape index (κ1) is 13.2. The Morgan fingerprint density at radius 1 is 1.39 bits per heavy atom. The van der Waals surface area contributed by atoms with Crippen molar-refractivity contribution in [3.63, 3.8) is 0 Å². The van der Waals surface area contributed by atoms with Gasteiger partial charge in [-0.3, -0.25) is 4.68 Å². The molecule has 2 rings (SSSR count). The average molecular weight is 250 g/mol. The van der Waals surface area contributed by atoms with E-state index < -0.39 is 0 Å². The van der Waals surface area contributed by atoms with Crippen LogP contribution in [-0.2, 0) is 7.05 Å². The van der Waals surface area contributed by atoms with Gasteiger partial charge in [-0.15, -0.1) is 0 Å². The lowest BCUT2D eigenvalue weighted by Gasteiger charge is -2.30. The van der Waals surface area contributed by atoms with Crippen LogP contribution in [0.5, 0.6) is 0 Å². The number of aryl methyl sites for hydroxylation is 1. The van der Waals surface area contributed by atoms with Gasteiger partial charge >= 0.3 is 0 Å². The molecule has 4 heteroatoms. The second-order valence-electron chi connectivity index (χ2n) is 5.63. The summed E-state index contributed by atoms with van der Waals surface area (Å²) in [5.41, 5.74) is 8.23. The highest BCUT2D eigenvalue weighted by molar-refractivity contribution is 5.67. The molecule has 0 radical (unpaired) electrons. The van der Waals surface area contributed by atoms with Crippen LogP contribution in [0.15, 0.2) is 0 Å². The molecule has 102 valence electrons. The van der Waals surface area contributed by atoms with E-state index >= 15 is 0 Å². The Kier molecular flexibility index (Phi) is 3.83. The molecular formula is C14H26N4. The van der Waals surface area contributed by atoms with Gasteiger partial charge in [-0.2, -0.15) is 5.10 Å². The van der Waals surface area contributed by atoms with E-state index in [1.807, 2.05) is 11.7 Å². The summed E-state index contributed by atoms with van der Waals surface area (Å²) in [6, 6.07) is 0.646. The molecule has 0 spiro atoms. The Balaban J connectivity index is 2.35. The summed E-state index contributed by atoms with van der Waals surface area (Å²) in [5.74, 6) is 1.50. The van der Waals surface area contributed by atoms with Crippen molar-refractivity contribution < 1.29 is 0 Å². The zero-order valence-corrected chi connectivity index (χ0v) is 12.1. The largest absolute Gasteiger partial charge is 0.394 e. The number of nitrogen functional groups attached to an aromatic ring is 1. The summed E-state index contributed by atoms with van der Waals surface area (Å²) in [6.45, 7) is 7.51. The fourth-order valence-corrected chi connectivity index (χ4v) is 3.12. The number of hydrogen-bond acceptors (Lipinski definition) is 3. The second-order valence-corrected chi connectivity index (χ2v) is 5.63. The molecule has 0 bridgehead atoms. The lowest BCUT2D eigenvalue weighted by atomic mass is 10.1. The highest BCUT2D eigenvalue weighted by atomic mass is 15.4. The molecule has 0 saturated heterocycles. The van der Waals surface area contributed by atoms with Crippen LogP contribution in [0.25, 0.3) is 0 Å². The highest BCUT2D eigenvalue weighted by Gasteiger charge is 2.27. The van der Waals surface area contributed by atoms with Gasteiger partial charge in [0.2, 0.25) is 0 Å². The van der Waals surface area contributed by atoms with Gasteiger partial charge in [0.05, 0.1) is 11.4 Å². The molecule has 1 aromatic rings. The number of nitrogens with two attached hydrogens (primary N) is 1. The normalized spacial score (nSPS) is 16.7. The van der Waals surface area contributed by atoms with Crippen molar-refractivity contribution in [2.45, 2.75) is 58.4 Å². The molecule has 0 atom stereocenters. The topological polar surface area (TPSA) is 47.1 Å². The van der Waals surface area contributed by atoms with Crippen LogP contribution in [0.2, 0.25) is 0 Å². The summed E-state index contributed by atoms with van der Waals surface area (Å²) >= 11 is 0. The third-order valence-electron chi connectivity index (χ3n) is 4.01. The molecule has 2 N–H and O–H groups in total. The van der Waals surface area contributed by atoms with E-state index in [9.17, 15) is 0 Å². The van der Waals surface area contributed by atoms with E-state index in [4.69, 9.17) is 5.73 Å². The van der Waals surface area contributed by atoms with Crippen molar-refractivity contribution in [1.82, 2.24) is 9.78 Å². The molecule has 0 aliphatic heterocycles. The van der Waals surface area contributed by atoms with E-state index in [1.54, 1.807) is 0 Å². The number of nitrogens with zero attached hydrogens (tertiary/aromatic N) is 3. The molecule has 1 aliphatic carbocycles. The molecule has 0 unspecified atom stereocenters. The minimum atomic E-state index is 0.382. The van der Waals surface area contributed by atoms with Crippen LogP contribution in [0, 0.1) is 0 Å². The SMILES string of the molecule is CCN(c1c(N)c(C(C)C)nn1C)C1CCCC1. The van der Waals surface area contributed by atoms with Crippen molar-refractivity contribution in [3.8, 4) is 0 Å². The van der Waals surface area contributed by atoms with Gasteiger partial charge in [0.25, 0.3) is 0 Å². The van der Waals surface area contributed by atoms with Gasteiger partial charge in [-0.05, 0) is 25.7 Å². The van der Waals surface area contributed by atoms with Crippen molar-refractivity contribution in [1.29, 1.82) is 0 Å². The Bertz CT molecular complexity index is 402. The predicted molar refractivity (Wildman–Crippen MR) is 77.0 cm³/mol. The summed E-state index contributed by atoms with van der Waals surface area (Å²) in [4.78, 5) is 2.45. The number of aromatic nitrogens is 2. The van der Waals surface area contributed by atoms with Gasteiger partial charge in [-0.25, -0.2) is 0 Å². The lowest BCUT2D eigenvalue weighted by Crippen LogP contribution is -2.35. The predicted octanol–water partition coefficient (Wildman–Crippen LogP) is 2.89. The fraction of sp³-hybridized carbons (Fsp3) is 0.786. The summed E-state index contributed by atoms with van der Waals surface area (Å²) in [7, 11) is 2.01. The quantitative estimate of drug-likeness (QED) is 0.893. The summed E-state index contributed by atoms with van der Waals surface area (Å²) < 4.78 is 1.96. The first-order chi connectivity index (χ1) is 8.56. The Morgan fingerprint density at radius 2 is 2.00 bits per heavy atom. The first-order valence-corrected chi connectivity index (χ1v) is 7.15.